The van der Waals surface area contributed by atoms with Gasteiger partial charge >= 0.3 is 0 Å². The van der Waals surface area contributed by atoms with Gasteiger partial charge in [0, 0.05) is 25.8 Å². The first kappa shape index (κ1) is 7.80. The summed E-state index contributed by atoms with van der Waals surface area (Å²) in [6.45, 7) is 4.33. The van der Waals surface area contributed by atoms with E-state index >= 15 is 0 Å². The minimum absolute atomic E-state index is 1.01. The Kier molecular flexibility index (Phi) is 1.68. The zero-order chi connectivity index (χ0) is 8.72. The van der Waals surface area contributed by atoms with Crippen molar-refractivity contribution < 1.29 is 0 Å². The highest BCUT2D eigenvalue weighted by atomic mass is 15.3. The Balaban J connectivity index is 2.43. The molecule has 3 heteroatoms. The van der Waals surface area contributed by atoms with Gasteiger partial charge in [0.05, 0.1) is 5.69 Å². The van der Waals surface area contributed by atoms with Gasteiger partial charge in [-0.2, -0.15) is 5.10 Å². The van der Waals surface area contributed by atoms with Gasteiger partial charge in [0.15, 0.2) is 0 Å². The minimum Gasteiger partial charge on any atom is -0.300 e. The van der Waals surface area contributed by atoms with Crippen LogP contribution in [0.3, 0.4) is 0 Å². The summed E-state index contributed by atoms with van der Waals surface area (Å²) in [5.41, 5.74) is 4.07. The maximum atomic E-state index is 4.48. The highest BCUT2D eigenvalue weighted by molar-refractivity contribution is 5.27. The van der Waals surface area contributed by atoms with Gasteiger partial charge in [0.1, 0.15) is 0 Å². The molecule has 0 fully saturated rings. The Hall–Kier alpha value is -0.830. The van der Waals surface area contributed by atoms with E-state index in [0.29, 0.717) is 0 Å². The standard InChI is InChI=1S/C9H15N3/c1-7-8-4-5-11(2)6-9(8)10-12(7)3/h4-6H2,1-3H3. The van der Waals surface area contributed by atoms with Crippen LogP contribution in [0, 0.1) is 6.92 Å². The van der Waals surface area contributed by atoms with Gasteiger partial charge in [-0.1, -0.05) is 0 Å². The van der Waals surface area contributed by atoms with Crippen LogP contribution in [-0.4, -0.2) is 28.3 Å². The number of likely N-dealkylation sites (N-methyl/N-ethyl adjacent to an activating group) is 1. The van der Waals surface area contributed by atoms with Crippen molar-refractivity contribution >= 4 is 0 Å². The van der Waals surface area contributed by atoms with Gasteiger partial charge in [-0.15, -0.1) is 0 Å². The van der Waals surface area contributed by atoms with Crippen LogP contribution < -0.4 is 0 Å². The molecule has 12 heavy (non-hydrogen) atoms. The van der Waals surface area contributed by atoms with Crippen molar-refractivity contribution in [3.05, 3.63) is 17.0 Å². The number of nitrogens with zero attached hydrogens (tertiary/aromatic N) is 3. The fraction of sp³-hybridized carbons (Fsp3) is 0.667. The summed E-state index contributed by atoms with van der Waals surface area (Å²) < 4.78 is 1.99. The van der Waals surface area contributed by atoms with Crippen LogP contribution in [0.15, 0.2) is 0 Å². The van der Waals surface area contributed by atoms with Crippen molar-refractivity contribution in [2.75, 3.05) is 13.6 Å². The van der Waals surface area contributed by atoms with E-state index in [1.807, 2.05) is 11.7 Å². The predicted molar refractivity (Wildman–Crippen MR) is 48.0 cm³/mol. The van der Waals surface area contributed by atoms with Gasteiger partial charge in [0.2, 0.25) is 0 Å². The van der Waals surface area contributed by atoms with Crippen LogP contribution in [0.5, 0.6) is 0 Å². The SMILES string of the molecule is Cc1c2c(nn1C)CN(C)CC2. The van der Waals surface area contributed by atoms with Crippen LogP contribution in [0.2, 0.25) is 0 Å². The number of aromatic nitrogens is 2. The molecule has 0 saturated heterocycles. The third kappa shape index (κ3) is 1.05. The molecule has 0 aromatic carbocycles. The average molecular weight is 165 g/mol. The smallest absolute Gasteiger partial charge is 0.0799 e. The largest absolute Gasteiger partial charge is 0.300 e. The number of rotatable bonds is 0. The van der Waals surface area contributed by atoms with Gasteiger partial charge < -0.3 is 4.90 Å². The summed E-state index contributed by atoms with van der Waals surface area (Å²) in [6.07, 6.45) is 1.16. The molecule has 0 N–H and O–H groups in total. The molecule has 0 saturated carbocycles. The summed E-state index contributed by atoms with van der Waals surface area (Å²) in [4.78, 5) is 2.31. The minimum atomic E-state index is 1.01. The molecule has 0 bridgehead atoms. The van der Waals surface area contributed by atoms with E-state index in [1.165, 1.54) is 23.5 Å². The molecule has 0 amide bonds. The highest BCUT2D eigenvalue weighted by Gasteiger charge is 2.18. The Morgan fingerprint density at radius 2 is 2.08 bits per heavy atom. The zero-order valence-electron chi connectivity index (χ0n) is 7.96. The molecule has 1 aromatic heterocycles. The molecule has 3 nitrogen and oxygen atoms in total. The van der Waals surface area contributed by atoms with Crippen molar-refractivity contribution in [3.63, 3.8) is 0 Å². The summed E-state index contributed by atoms with van der Waals surface area (Å²) >= 11 is 0. The Morgan fingerprint density at radius 3 is 2.83 bits per heavy atom. The van der Waals surface area contributed by atoms with Gasteiger partial charge in [0.25, 0.3) is 0 Å². The van der Waals surface area contributed by atoms with Crippen LogP contribution in [0.25, 0.3) is 0 Å². The molecule has 0 atom stereocenters. The zero-order valence-corrected chi connectivity index (χ0v) is 7.96. The molecule has 0 spiro atoms. The summed E-state index contributed by atoms with van der Waals surface area (Å²) in [5, 5.41) is 4.48. The summed E-state index contributed by atoms with van der Waals surface area (Å²) in [5.74, 6) is 0. The first-order chi connectivity index (χ1) is 5.68. The number of hydrogen-bond acceptors (Lipinski definition) is 2. The Morgan fingerprint density at radius 1 is 1.33 bits per heavy atom. The molecule has 2 rings (SSSR count). The monoisotopic (exact) mass is 165 g/mol. The van der Waals surface area contributed by atoms with Gasteiger partial charge in [-0.25, -0.2) is 0 Å². The maximum absolute atomic E-state index is 4.48. The van der Waals surface area contributed by atoms with Crippen molar-refractivity contribution in [2.45, 2.75) is 19.9 Å². The van der Waals surface area contributed by atoms with Crippen molar-refractivity contribution in [1.82, 2.24) is 14.7 Å². The van der Waals surface area contributed by atoms with Crippen LogP contribution in [-0.2, 0) is 20.0 Å². The molecule has 0 aliphatic carbocycles. The second-order valence-electron chi connectivity index (χ2n) is 3.62. The molecule has 0 unspecified atom stereocenters. The van der Waals surface area contributed by atoms with Crippen LogP contribution in [0.4, 0.5) is 0 Å². The van der Waals surface area contributed by atoms with Gasteiger partial charge in [-0.05, 0) is 26.0 Å². The fourth-order valence-corrected chi connectivity index (χ4v) is 1.81. The average Bonchev–Trinajstić information content (AvgIpc) is 2.28. The summed E-state index contributed by atoms with van der Waals surface area (Å²) in [6, 6.07) is 0. The van der Waals surface area contributed by atoms with Crippen molar-refractivity contribution in [2.24, 2.45) is 7.05 Å². The third-order valence-corrected chi connectivity index (χ3v) is 2.70. The topological polar surface area (TPSA) is 21.1 Å². The fourth-order valence-electron chi connectivity index (χ4n) is 1.81. The van der Waals surface area contributed by atoms with E-state index in [1.54, 1.807) is 0 Å². The number of fused-ring (bicyclic) bond motifs is 1. The molecule has 66 valence electrons. The van der Waals surface area contributed by atoms with Crippen LogP contribution in [0.1, 0.15) is 17.0 Å². The van der Waals surface area contributed by atoms with Gasteiger partial charge in [-0.3, -0.25) is 4.68 Å². The molecule has 1 aliphatic rings. The lowest BCUT2D eigenvalue weighted by Gasteiger charge is -2.21. The molecular formula is C9H15N3. The second-order valence-corrected chi connectivity index (χ2v) is 3.62. The number of aryl methyl sites for hydroxylation is 1. The normalized spacial score (nSPS) is 17.9. The first-order valence-electron chi connectivity index (χ1n) is 4.38. The van der Waals surface area contributed by atoms with E-state index in [2.05, 4.69) is 24.0 Å². The van der Waals surface area contributed by atoms with Crippen molar-refractivity contribution in [3.8, 4) is 0 Å². The lowest BCUT2D eigenvalue weighted by Crippen LogP contribution is -2.26. The van der Waals surface area contributed by atoms with E-state index in [4.69, 9.17) is 0 Å². The Labute approximate surface area is 73.0 Å². The molecular weight excluding hydrogens is 150 g/mol. The van der Waals surface area contributed by atoms with E-state index in [0.717, 1.165) is 13.0 Å². The van der Waals surface area contributed by atoms with Crippen LogP contribution >= 0.6 is 0 Å². The first-order valence-corrected chi connectivity index (χ1v) is 4.38. The highest BCUT2D eigenvalue weighted by Crippen LogP contribution is 2.19. The van der Waals surface area contributed by atoms with Crippen molar-refractivity contribution in [1.29, 1.82) is 0 Å². The Bertz CT molecular complexity index is 301. The lowest BCUT2D eigenvalue weighted by molar-refractivity contribution is 0.308. The van der Waals surface area contributed by atoms with E-state index in [-0.39, 0.29) is 0 Å². The van der Waals surface area contributed by atoms with E-state index in [9.17, 15) is 0 Å². The second kappa shape index (κ2) is 2.59. The summed E-state index contributed by atoms with van der Waals surface area (Å²) in [7, 11) is 4.17. The lowest BCUT2D eigenvalue weighted by atomic mass is 10.1. The maximum Gasteiger partial charge on any atom is 0.0799 e. The third-order valence-electron chi connectivity index (χ3n) is 2.70. The quantitative estimate of drug-likeness (QED) is 0.564. The van der Waals surface area contributed by atoms with E-state index < -0.39 is 0 Å². The molecule has 2 heterocycles. The molecule has 1 aliphatic heterocycles. The molecule has 0 radical (unpaired) electrons. The molecule has 1 aromatic rings. The predicted octanol–water partition coefficient (Wildman–Crippen LogP) is 0.716. The number of hydrogen-bond donors (Lipinski definition) is 0.